The van der Waals surface area contributed by atoms with Gasteiger partial charge in [0, 0.05) is 13.8 Å². The fraction of sp³-hybridized carbons (Fsp3) is 0.250. The molecule has 0 saturated heterocycles. The van der Waals surface area contributed by atoms with Gasteiger partial charge < -0.3 is 29.9 Å². The fourth-order valence-corrected chi connectivity index (χ4v) is 3.22. The lowest BCUT2D eigenvalue weighted by Crippen LogP contribution is -2.30. The minimum absolute atomic E-state index is 0.0275. The smallest absolute Gasteiger partial charge is 0.318 e. The maximum atomic E-state index is 12.5. The molecule has 0 spiro atoms. The lowest BCUT2D eigenvalue weighted by molar-refractivity contribution is -0.278. The Morgan fingerprint density at radius 2 is 0.960 bits per heavy atom. The molecule has 25 heavy (non-hydrogen) atoms. The van der Waals surface area contributed by atoms with Gasteiger partial charge in [-0.05, 0) is 48.5 Å². The highest BCUT2D eigenvalue weighted by molar-refractivity contribution is 7.91. The zero-order chi connectivity index (χ0) is 18.9. The molecule has 0 saturated carbocycles. The number of hydrogen-bond donors (Lipinski definition) is 4. The summed E-state index contributed by atoms with van der Waals surface area (Å²) in [4.78, 5) is -0.0551. The zero-order valence-electron chi connectivity index (χ0n) is 13.4. The Morgan fingerprint density at radius 1 is 0.680 bits per heavy atom. The van der Waals surface area contributed by atoms with Crippen LogP contribution in [0.3, 0.4) is 0 Å². The van der Waals surface area contributed by atoms with Gasteiger partial charge in [0.25, 0.3) is 0 Å². The van der Waals surface area contributed by atoms with Crippen LogP contribution in [0.4, 0.5) is 0 Å². The summed E-state index contributed by atoms with van der Waals surface area (Å²) >= 11 is 0. The van der Waals surface area contributed by atoms with Crippen LogP contribution < -0.4 is 9.47 Å². The molecule has 0 amide bonds. The van der Waals surface area contributed by atoms with Crippen LogP contribution in [0.5, 0.6) is 11.5 Å². The van der Waals surface area contributed by atoms with Crippen molar-refractivity contribution in [1.29, 1.82) is 0 Å². The van der Waals surface area contributed by atoms with Gasteiger partial charge >= 0.3 is 11.9 Å². The van der Waals surface area contributed by atoms with Gasteiger partial charge in [-0.3, -0.25) is 0 Å². The van der Waals surface area contributed by atoms with Crippen LogP contribution in [-0.2, 0) is 9.84 Å². The van der Waals surface area contributed by atoms with Crippen LogP contribution in [0.2, 0.25) is 0 Å². The van der Waals surface area contributed by atoms with Gasteiger partial charge in [0.05, 0.1) is 9.79 Å². The van der Waals surface area contributed by atoms with Crippen molar-refractivity contribution < 1.29 is 38.3 Å². The molecular formula is C16H18O8S. The molecule has 0 radical (unpaired) electrons. The molecule has 0 unspecified atom stereocenters. The molecule has 2 rings (SSSR count). The van der Waals surface area contributed by atoms with Crippen molar-refractivity contribution in [3.05, 3.63) is 48.5 Å². The van der Waals surface area contributed by atoms with Crippen LogP contribution in [-0.4, -0.2) is 40.8 Å². The second-order valence-electron chi connectivity index (χ2n) is 5.52. The highest BCUT2D eigenvalue weighted by Gasteiger charge is 2.21. The van der Waals surface area contributed by atoms with E-state index in [1.807, 2.05) is 0 Å². The van der Waals surface area contributed by atoms with E-state index in [2.05, 4.69) is 0 Å². The number of benzene rings is 2. The monoisotopic (exact) mass is 370 g/mol. The Morgan fingerprint density at radius 3 is 1.20 bits per heavy atom. The summed E-state index contributed by atoms with van der Waals surface area (Å²) in [6, 6.07) is 10.2. The Bertz CT molecular complexity index is 747. The first-order chi connectivity index (χ1) is 11.4. The maximum absolute atomic E-state index is 12.5. The third kappa shape index (κ3) is 5.41. The van der Waals surface area contributed by atoms with Crippen molar-refractivity contribution >= 4 is 9.84 Å². The number of rotatable bonds is 6. The molecule has 0 atom stereocenters. The highest BCUT2D eigenvalue weighted by Crippen LogP contribution is 2.26. The molecule has 8 nitrogen and oxygen atoms in total. The summed E-state index contributed by atoms with van der Waals surface area (Å²) in [5.41, 5.74) is 0. The van der Waals surface area contributed by atoms with Gasteiger partial charge in [0.1, 0.15) is 11.5 Å². The number of sulfone groups is 1. The minimum atomic E-state index is -3.82. The third-order valence-corrected chi connectivity index (χ3v) is 4.68. The largest absolute Gasteiger partial charge is 0.439 e. The Hall–Kier alpha value is -2.17. The number of hydrogen-bond acceptors (Lipinski definition) is 8. The maximum Gasteiger partial charge on any atom is 0.318 e. The van der Waals surface area contributed by atoms with Gasteiger partial charge in [0.15, 0.2) is 0 Å². The van der Waals surface area contributed by atoms with Crippen LogP contribution in [0, 0.1) is 0 Å². The average Bonchev–Trinajstić information content (AvgIpc) is 2.45. The Kier molecular flexibility index (Phi) is 5.07. The average molecular weight is 370 g/mol. The van der Waals surface area contributed by atoms with E-state index in [1.165, 1.54) is 48.5 Å². The Balaban J connectivity index is 2.23. The van der Waals surface area contributed by atoms with Gasteiger partial charge in [-0.15, -0.1) is 0 Å². The molecule has 2 aromatic carbocycles. The first-order valence-electron chi connectivity index (χ1n) is 7.10. The lowest BCUT2D eigenvalue weighted by Gasteiger charge is -2.18. The molecule has 0 aliphatic heterocycles. The van der Waals surface area contributed by atoms with Crippen LogP contribution in [0.25, 0.3) is 0 Å². The summed E-state index contributed by atoms with van der Waals surface area (Å²) in [7, 11) is -3.82. The first-order valence-corrected chi connectivity index (χ1v) is 8.58. The van der Waals surface area contributed by atoms with E-state index < -0.39 is 21.8 Å². The van der Waals surface area contributed by atoms with Crippen LogP contribution in [0.1, 0.15) is 13.8 Å². The van der Waals surface area contributed by atoms with Crippen molar-refractivity contribution in [2.24, 2.45) is 0 Å². The van der Waals surface area contributed by atoms with Gasteiger partial charge in [-0.25, -0.2) is 8.42 Å². The topological polar surface area (TPSA) is 134 Å². The van der Waals surface area contributed by atoms with Crippen LogP contribution >= 0.6 is 0 Å². The van der Waals surface area contributed by atoms with Gasteiger partial charge in [-0.2, -0.15) is 0 Å². The molecule has 136 valence electrons. The SMILES string of the molecule is CC(O)(O)Oc1ccc(S(=O)(=O)c2ccc(OC(C)(O)O)cc2)cc1. The molecule has 9 heteroatoms. The number of aliphatic hydroxyl groups is 4. The van der Waals surface area contributed by atoms with Gasteiger partial charge in [-0.1, -0.05) is 0 Å². The second-order valence-corrected chi connectivity index (χ2v) is 7.47. The minimum Gasteiger partial charge on any atom is -0.439 e. The van der Waals surface area contributed by atoms with E-state index in [1.54, 1.807) is 0 Å². The molecule has 0 heterocycles. The summed E-state index contributed by atoms with van der Waals surface area (Å²) in [6.07, 6.45) is 0. The van der Waals surface area contributed by atoms with E-state index >= 15 is 0 Å². The van der Waals surface area contributed by atoms with Gasteiger partial charge in [0.2, 0.25) is 9.84 Å². The van der Waals surface area contributed by atoms with E-state index in [4.69, 9.17) is 29.9 Å². The van der Waals surface area contributed by atoms with E-state index in [-0.39, 0.29) is 21.3 Å². The van der Waals surface area contributed by atoms with Crippen molar-refractivity contribution in [3.63, 3.8) is 0 Å². The summed E-state index contributed by atoms with van der Waals surface area (Å²) in [6.45, 7) is 2.04. The molecule has 0 aliphatic rings. The molecule has 4 N–H and O–H groups in total. The van der Waals surface area contributed by atoms with Crippen LogP contribution in [0.15, 0.2) is 58.3 Å². The standard InChI is InChI=1S/C16H18O8S/c1-15(17,18)23-11-3-7-13(8-4-11)25(21,22)14-9-5-12(6-10-14)24-16(2,19)20/h3-10,17-20H,1-2H3. The van der Waals surface area contributed by atoms with E-state index in [9.17, 15) is 8.42 Å². The summed E-state index contributed by atoms with van der Waals surface area (Å²) in [5.74, 6) is -4.57. The summed E-state index contributed by atoms with van der Waals surface area (Å²) < 4.78 is 34.7. The zero-order valence-corrected chi connectivity index (χ0v) is 14.3. The lowest BCUT2D eigenvalue weighted by atomic mass is 10.3. The van der Waals surface area contributed by atoms with Crippen molar-refractivity contribution in [2.75, 3.05) is 0 Å². The summed E-state index contributed by atoms with van der Waals surface area (Å²) in [5, 5.41) is 36.6. The molecule has 2 aromatic rings. The third-order valence-electron chi connectivity index (χ3n) is 2.89. The molecule has 0 bridgehead atoms. The predicted octanol–water partition coefficient (Wildman–Crippen LogP) is 0.594. The molecular weight excluding hydrogens is 352 g/mol. The molecule has 0 aliphatic carbocycles. The highest BCUT2D eigenvalue weighted by atomic mass is 32.2. The Labute approximate surface area is 144 Å². The normalized spacial score (nSPS) is 12.7. The quantitative estimate of drug-likeness (QED) is 0.543. The molecule has 0 fully saturated rings. The second kappa shape index (κ2) is 6.62. The van der Waals surface area contributed by atoms with Crippen molar-refractivity contribution in [3.8, 4) is 11.5 Å². The number of ether oxygens (including phenoxy) is 2. The first kappa shape index (κ1) is 19.2. The predicted molar refractivity (Wildman–Crippen MR) is 85.3 cm³/mol. The van der Waals surface area contributed by atoms with E-state index in [0.29, 0.717) is 0 Å². The van der Waals surface area contributed by atoms with E-state index in [0.717, 1.165) is 13.8 Å². The fourth-order valence-electron chi connectivity index (χ4n) is 1.96. The molecule has 0 aromatic heterocycles. The van der Waals surface area contributed by atoms with Crippen molar-refractivity contribution in [2.45, 2.75) is 35.6 Å². The van der Waals surface area contributed by atoms with Crippen molar-refractivity contribution in [1.82, 2.24) is 0 Å².